The van der Waals surface area contributed by atoms with Crippen molar-refractivity contribution in [1.29, 1.82) is 0 Å². The molecule has 0 atom stereocenters. The third-order valence-electron chi connectivity index (χ3n) is 3.40. The van der Waals surface area contributed by atoms with Crippen LogP contribution in [0.25, 0.3) is 0 Å². The quantitative estimate of drug-likeness (QED) is 0.858. The molecule has 0 spiro atoms. The molecule has 0 aliphatic heterocycles. The van der Waals surface area contributed by atoms with Crippen LogP contribution in [0, 0.1) is 0 Å². The molecular formula is C17H21BrN2O. The molecular weight excluding hydrogens is 328 g/mol. The Morgan fingerprint density at radius 1 is 1.19 bits per heavy atom. The van der Waals surface area contributed by atoms with Gasteiger partial charge in [0.05, 0.1) is 12.8 Å². The largest absolute Gasteiger partial charge is 0.496 e. The summed E-state index contributed by atoms with van der Waals surface area (Å²) in [5.41, 5.74) is 3.60. The maximum absolute atomic E-state index is 5.42. The van der Waals surface area contributed by atoms with Gasteiger partial charge in [0.25, 0.3) is 0 Å². The average Bonchev–Trinajstić information content (AvgIpc) is 2.48. The molecule has 0 aliphatic rings. The predicted octanol–water partition coefficient (Wildman–Crippen LogP) is 3.81. The highest BCUT2D eigenvalue weighted by molar-refractivity contribution is 9.10. The predicted molar refractivity (Wildman–Crippen MR) is 92.0 cm³/mol. The number of halogens is 1. The fourth-order valence-corrected chi connectivity index (χ4v) is 3.08. The number of ether oxygens (including phenoxy) is 1. The molecule has 0 saturated heterocycles. The summed E-state index contributed by atoms with van der Waals surface area (Å²) in [5, 5.41) is 3.16. The first kappa shape index (κ1) is 15.9. The van der Waals surface area contributed by atoms with E-state index < -0.39 is 0 Å². The monoisotopic (exact) mass is 348 g/mol. The van der Waals surface area contributed by atoms with Crippen molar-refractivity contribution in [3.8, 4) is 5.75 Å². The van der Waals surface area contributed by atoms with Gasteiger partial charge in [-0.3, -0.25) is 0 Å². The Kier molecular flexibility index (Phi) is 5.65. The van der Waals surface area contributed by atoms with E-state index in [1.807, 2.05) is 25.2 Å². The van der Waals surface area contributed by atoms with Crippen molar-refractivity contribution in [2.75, 3.05) is 26.1 Å². The maximum Gasteiger partial charge on any atom is 0.123 e. The van der Waals surface area contributed by atoms with Crippen molar-refractivity contribution in [1.82, 2.24) is 5.32 Å². The van der Waals surface area contributed by atoms with Crippen LogP contribution in [0.3, 0.4) is 0 Å². The van der Waals surface area contributed by atoms with Crippen molar-refractivity contribution in [3.63, 3.8) is 0 Å². The molecule has 21 heavy (non-hydrogen) atoms. The molecule has 112 valence electrons. The number of nitrogens with zero attached hydrogens (tertiary/aromatic N) is 1. The number of hydrogen-bond acceptors (Lipinski definition) is 3. The first-order chi connectivity index (χ1) is 10.2. The van der Waals surface area contributed by atoms with Crippen molar-refractivity contribution >= 4 is 21.6 Å². The van der Waals surface area contributed by atoms with Crippen LogP contribution in [0.2, 0.25) is 0 Å². The minimum absolute atomic E-state index is 0.800. The van der Waals surface area contributed by atoms with Crippen LogP contribution >= 0.6 is 15.9 Å². The first-order valence-electron chi connectivity index (χ1n) is 6.91. The molecule has 0 saturated carbocycles. The molecule has 3 nitrogen and oxygen atoms in total. The SMILES string of the molecule is CNCc1ccc(N(C)Cc2ccccc2OC)c(Br)c1. The molecule has 0 heterocycles. The number of rotatable bonds is 6. The van der Waals surface area contributed by atoms with E-state index in [4.69, 9.17) is 4.74 Å². The standard InChI is InChI=1S/C17H21BrN2O/c1-19-11-13-8-9-16(15(18)10-13)20(2)12-14-6-4-5-7-17(14)21-3/h4-10,19H,11-12H2,1-3H3. The fourth-order valence-electron chi connectivity index (χ4n) is 2.35. The number of anilines is 1. The lowest BCUT2D eigenvalue weighted by Crippen LogP contribution is -2.17. The van der Waals surface area contributed by atoms with Gasteiger partial charge in [0, 0.05) is 30.2 Å². The molecule has 0 aromatic heterocycles. The van der Waals surface area contributed by atoms with Gasteiger partial charge in [-0.1, -0.05) is 24.3 Å². The molecule has 1 N–H and O–H groups in total. The van der Waals surface area contributed by atoms with E-state index in [0.29, 0.717) is 0 Å². The summed E-state index contributed by atoms with van der Waals surface area (Å²) in [5.74, 6) is 0.923. The van der Waals surface area contributed by atoms with E-state index >= 15 is 0 Å². The summed E-state index contributed by atoms with van der Waals surface area (Å²) in [6.45, 7) is 1.67. The lowest BCUT2D eigenvalue weighted by Gasteiger charge is -2.22. The molecule has 0 fully saturated rings. The molecule has 2 aromatic rings. The van der Waals surface area contributed by atoms with Gasteiger partial charge in [0.15, 0.2) is 0 Å². The Morgan fingerprint density at radius 3 is 2.62 bits per heavy atom. The van der Waals surface area contributed by atoms with E-state index in [9.17, 15) is 0 Å². The van der Waals surface area contributed by atoms with Crippen LogP contribution < -0.4 is 15.0 Å². The van der Waals surface area contributed by atoms with Gasteiger partial charge in [0.2, 0.25) is 0 Å². The highest BCUT2D eigenvalue weighted by Gasteiger charge is 2.10. The molecule has 0 unspecified atom stereocenters. The minimum Gasteiger partial charge on any atom is -0.496 e. The Morgan fingerprint density at radius 2 is 1.95 bits per heavy atom. The van der Waals surface area contributed by atoms with Crippen LogP contribution in [0.4, 0.5) is 5.69 Å². The zero-order chi connectivity index (χ0) is 15.2. The summed E-state index contributed by atoms with van der Waals surface area (Å²) in [6.07, 6.45) is 0. The number of para-hydroxylation sites is 1. The second-order valence-corrected chi connectivity index (χ2v) is 5.84. The molecule has 2 rings (SSSR count). The zero-order valence-electron chi connectivity index (χ0n) is 12.7. The van der Waals surface area contributed by atoms with Crippen molar-refractivity contribution in [2.24, 2.45) is 0 Å². The van der Waals surface area contributed by atoms with Crippen LogP contribution in [0.15, 0.2) is 46.9 Å². The second kappa shape index (κ2) is 7.48. The fraction of sp³-hybridized carbons (Fsp3) is 0.294. The number of methoxy groups -OCH3 is 1. The molecule has 0 bridgehead atoms. The molecule has 2 aromatic carbocycles. The minimum atomic E-state index is 0.800. The summed E-state index contributed by atoms with van der Waals surface area (Å²) in [6, 6.07) is 14.6. The first-order valence-corrected chi connectivity index (χ1v) is 7.71. The summed E-state index contributed by atoms with van der Waals surface area (Å²) >= 11 is 3.67. The highest BCUT2D eigenvalue weighted by Crippen LogP contribution is 2.29. The van der Waals surface area contributed by atoms with Gasteiger partial charge in [0.1, 0.15) is 5.75 Å². The highest BCUT2D eigenvalue weighted by atomic mass is 79.9. The Balaban J connectivity index is 2.18. The van der Waals surface area contributed by atoms with Crippen LogP contribution in [0.5, 0.6) is 5.75 Å². The van der Waals surface area contributed by atoms with Gasteiger partial charge in [-0.15, -0.1) is 0 Å². The normalized spacial score (nSPS) is 10.5. The third kappa shape index (κ3) is 3.99. The maximum atomic E-state index is 5.42. The number of nitrogens with one attached hydrogen (secondary N) is 1. The summed E-state index contributed by atoms with van der Waals surface area (Å²) in [7, 11) is 5.75. The second-order valence-electron chi connectivity index (χ2n) is 4.98. The van der Waals surface area contributed by atoms with Gasteiger partial charge < -0.3 is 15.0 Å². The van der Waals surface area contributed by atoms with Crippen molar-refractivity contribution in [2.45, 2.75) is 13.1 Å². The number of benzene rings is 2. The van der Waals surface area contributed by atoms with E-state index in [-0.39, 0.29) is 0 Å². The van der Waals surface area contributed by atoms with Crippen LogP contribution in [-0.2, 0) is 13.1 Å². The van der Waals surface area contributed by atoms with Crippen molar-refractivity contribution in [3.05, 3.63) is 58.1 Å². The van der Waals surface area contributed by atoms with E-state index in [1.54, 1.807) is 7.11 Å². The van der Waals surface area contributed by atoms with Gasteiger partial charge in [-0.05, 0) is 46.7 Å². The third-order valence-corrected chi connectivity index (χ3v) is 4.04. The number of hydrogen-bond donors (Lipinski definition) is 1. The smallest absolute Gasteiger partial charge is 0.123 e. The Labute approximate surface area is 135 Å². The summed E-state index contributed by atoms with van der Waals surface area (Å²) in [4.78, 5) is 2.21. The van der Waals surface area contributed by atoms with Gasteiger partial charge in [-0.25, -0.2) is 0 Å². The molecule has 0 amide bonds. The van der Waals surface area contributed by atoms with Crippen molar-refractivity contribution < 1.29 is 4.74 Å². The Hall–Kier alpha value is -1.52. The zero-order valence-corrected chi connectivity index (χ0v) is 14.3. The lowest BCUT2D eigenvalue weighted by atomic mass is 10.1. The molecule has 0 aliphatic carbocycles. The molecule has 0 radical (unpaired) electrons. The summed E-state index contributed by atoms with van der Waals surface area (Å²) < 4.78 is 6.52. The molecule has 4 heteroatoms. The van der Waals surface area contributed by atoms with Crippen LogP contribution in [0.1, 0.15) is 11.1 Å². The Bertz CT molecular complexity index is 601. The van der Waals surface area contributed by atoms with Gasteiger partial charge >= 0.3 is 0 Å². The van der Waals surface area contributed by atoms with Gasteiger partial charge in [-0.2, -0.15) is 0 Å². The lowest BCUT2D eigenvalue weighted by molar-refractivity contribution is 0.409. The van der Waals surface area contributed by atoms with Crippen LogP contribution in [-0.4, -0.2) is 21.2 Å². The van der Waals surface area contributed by atoms with E-state index in [0.717, 1.165) is 23.3 Å². The van der Waals surface area contributed by atoms with E-state index in [2.05, 4.69) is 57.5 Å². The average molecular weight is 349 g/mol. The van der Waals surface area contributed by atoms with E-state index in [1.165, 1.54) is 16.8 Å². The topological polar surface area (TPSA) is 24.5 Å².